The molecule has 0 saturated carbocycles. The van der Waals surface area contributed by atoms with Crippen LogP contribution in [0.25, 0.3) is 99.2 Å². The Morgan fingerprint density at radius 1 is 0.509 bits per heavy atom. The fourth-order valence-electron chi connectivity index (χ4n) is 9.74. The van der Waals surface area contributed by atoms with Crippen molar-refractivity contribution < 1.29 is 0 Å². The molecule has 11 aromatic rings. The first-order valence-electron chi connectivity index (χ1n) is 19.0. The molecule has 7 aromatic carbocycles. The molecule has 0 saturated heterocycles. The second-order valence-corrected chi connectivity index (χ2v) is 15.4. The minimum atomic E-state index is -0.270. The van der Waals surface area contributed by atoms with E-state index in [0.717, 1.165) is 44.4 Å². The zero-order chi connectivity index (χ0) is 36.4. The first-order valence-corrected chi connectivity index (χ1v) is 19.0. The van der Waals surface area contributed by atoms with Crippen molar-refractivity contribution >= 4 is 65.4 Å². The maximum Gasteiger partial charge on any atom is 0.0972 e. The third kappa shape index (κ3) is 4.06. The second kappa shape index (κ2) is 11.0. The third-order valence-corrected chi connectivity index (χ3v) is 12.1. The number of pyridine rings is 2. The number of aromatic nitrogens is 4. The smallest absolute Gasteiger partial charge is 0.0972 e. The van der Waals surface area contributed by atoms with E-state index in [1.165, 1.54) is 65.9 Å². The van der Waals surface area contributed by atoms with Crippen molar-refractivity contribution in [1.29, 1.82) is 0 Å². The first kappa shape index (κ1) is 30.4. The monoisotopic (exact) mass is 702 g/mol. The summed E-state index contributed by atoms with van der Waals surface area (Å²) >= 11 is 0. The average molecular weight is 703 g/mol. The van der Waals surface area contributed by atoms with Crippen LogP contribution in [0.4, 0.5) is 0 Å². The lowest BCUT2D eigenvalue weighted by molar-refractivity contribution is 0.667. The van der Waals surface area contributed by atoms with Crippen LogP contribution in [-0.2, 0) is 5.41 Å². The Kier molecular flexibility index (Phi) is 6.09. The molecule has 258 valence electrons. The summed E-state index contributed by atoms with van der Waals surface area (Å²) in [5.41, 5.74) is 16.1. The van der Waals surface area contributed by atoms with Crippen LogP contribution in [0.2, 0.25) is 0 Å². The Morgan fingerprint density at radius 3 is 1.96 bits per heavy atom. The summed E-state index contributed by atoms with van der Waals surface area (Å²) in [4.78, 5) is 10.1. The van der Waals surface area contributed by atoms with Crippen LogP contribution in [0.15, 0.2) is 170 Å². The predicted octanol–water partition coefficient (Wildman–Crippen LogP) is 13.0. The Bertz CT molecular complexity index is 3390. The number of para-hydroxylation sites is 3. The van der Waals surface area contributed by atoms with Gasteiger partial charge in [-0.2, -0.15) is 0 Å². The van der Waals surface area contributed by atoms with Gasteiger partial charge in [0.1, 0.15) is 0 Å². The summed E-state index contributed by atoms with van der Waals surface area (Å²) in [6.45, 7) is 4.83. The number of hydrogen-bond donors (Lipinski definition) is 0. The van der Waals surface area contributed by atoms with Crippen LogP contribution >= 0.6 is 0 Å². The number of fused-ring (bicyclic) bond motifs is 15. The van der Waals surface area contributed by atoms with Gasteiger partial charge in [0.2, 0.25) is 0 Å². The van der Waals surface area contributed by atoms with Crippen LogP contribution in [0.1, 0.15) is 25.0 Å². The van der Waals surface area contributed by atoms with Crippen molar-refractivity contribution in [2.24, 2.45) is 0 Å². The van der Waals surface area contributed by atoms with Crippen LogP contribution in [0.5, 0.6) is 0 Å². The molecular formula is C51H34N4. The molecule has 12 rings (SSSR count). The third-order valence-electron chi connectivity index (χ3n) is 12.1. The Balaban J connectivity index is 1.30. The van der Waals surface area contributed by atoms with E-state index in [9.17, 15) is 0 Å². The molecule has 0 bridgehead atoms. The Hall–Kier alpha value is -7.04. The van der Waals surface area contributed by atoms with Crippen LogP contribution in [0, 0.1) is 0 Å². The first-order chi connectivity index (χ1) is 27.1. The molecule has 0 aliphatic heterocycles. The molecule has 1 aliphatic carbocycles. The summed E-state index contributed by atoms with van der Waals surface area (Å²) < 4.78 is 5.03. The van der Waals surface area contributed by atoms with E-state index < -0.39 is 0 Å². The number of nitrogens with zero attached hydrogens (tertiary/aromatic N) is 4. The Morgan fingerprint density at radius 2 is 1.16 bits per heavy atom. The Labute approximate surface area is 317 Å². The predicted molar refractivity (Wildman–Crippen MR) is 229 cm³/mol. The van der Waals surface area contributed by atoms with E-state index in [-0.39, 0.29) is 5.41 Å². The summed E-state index contributed by atoms with van der Waals surface area (Å²) in [6, 6.07) is 59.4. The molecule has 4 aromatic heterocycles. The van der Waals surface area contributed by atoms with Crippen molar-refractivity contribution in [3.05, 3.63) is 181 Å². The molecule has 55 heavy (non-hydrogen) atoms. The zero-order valence-electron chi connectivity index (χ0n) is 30.5. The van der Waals surface area contributed by atoms with Gasteiger partial charge in [-0.25, -0.2) is 4.98 Å². The minimum Gasteiger partial charge on any atom is -0.309 e. The highest BCUT2D eigenvalue weighted by molar-refractivity contribution is 6.32. The van der Waals surface area contributed by atoms with Gasteiger partial charge in [0.15, 0.2) is 0 Å². The molecule has 0 spiro atoms. The highest BCUT2D eigenvalue weighted by Gasteiger charge is 2.41. The molecule has 0 unspecified atom stereocenters. The van der Waals surface area contributed by atoms with Gasteiger partial charge >= 0.3 is 0 Å². The summed E-state index contributed by atoms with van der Waals surface area (Å²) in [5.74, 6) is 0. The van der Waals surface area contributed by atoms with E-state index >= 15 is 0 Å². The van der Waals surface area contributed by atoms with Gasteiger partial charge in [-0.05, 0) is 71.3 Å². The van der Waals surface area contributed by atoms with Crippen molar-refractivity contribution in [2.75, 3.05) is 0 Å². The van der Waals surface area contributed by atoms with E-state index in [0.29, 0.717) is 0 Å². The van der Waals surface area contributed by atoms with Crippen LogP contribution in [-0.4, -0.2) is 19.1 Å². The van der Waals surface area contributed by atoms with Crippen molar-refractivity contribution in [3.8, 4) is 33.8 Å². The lowest BCUT2D eigenvalue weighted by Gasteiger charge is -2.23. The quantitative estimate of drug-likeness (QED) is 0.172. The minimum absolute atomic E-state index is 0.270. The lowest BCUT2D eigenvalue weighted by atomic mass is 9.80. The van der Waals surface area contributed by atoms with Gasteiger partial charge in [0.25, 0.3) is 0 Å². The number of rotatable bonds is 3. The van der Waals surface area contributed by atoms with Gasteiger partial charge in [-0.15, -0.1) is 0 Å². The van der Waals surface area contributed by atoms with Crippen LogP contribution < -0.4 is 0 Å². The molecular weight excluding hydrogens is 669 g/mol. The molecule has 0 amide bonds. The van der Waals surface area contributed by atoms with E-state index in [1.54, 1.807) is 0 Å². The topological polar surface area (TPSA) is 35.6 Å². The normalized spacial score (nSPS) is 13.4. The van der Waals surface area contributed by atoms with Crippen molar-refractivity contribution in [2.45, 2.75) is 19.3 Å². The van der Waals surface area contributed by atoms with Gasteiger partial charge in [0.05, 0.1) is 38.8 Å². The fourth-order valence-corrected chi connectivity index (χ4v) is 9.74. The van der Waals surface area contributed by atoms with Crippen molar-refractivity contribution in [3.63, 3.8) is 0 Å². The fraction of sp³-hybridized carbons (Fsp3) is 0.0588. The largest absolute Gasteiger partial charge is 0.309 e. The maximum atomic E-state index is 5.31. The molecule has 4 nitrogen and oxygen atoms in total. The van der Waals surface area contributed by atoms with E-state index in [4.69, 9.17) is 9.97 Å². The summed E-state index contributed by atoms with van der Waals surface area (Å²) in [6.07, 6.45) is 1.86. The lowest BCUT2D eigenvalue weighted by Crippen LogP contribution is -2.15. The molecule has 0 radical (unpaired) electrons. The highest BCUT2D eigenvalue weighted by atomic mass is 15.0. The van der Waals surface area contributed by atoms with Gasteiger partial charge in [0, 0.05) is 66.4 Å². The van der Waals surface area contributed by atoms with Crippen LogP contribution in [0.3, 0.4) is 0 Å². The van der Waals surface area contributed by atoms with E-state index in [1.807, 2.05) is 12.3 Å². The van der Waals surface area contributed by atoms with Gasteiger partial charge in [-0.1, -0.05) is 123 Å². The standard InChI is InChI=1S/C51H34N4/c1-51(2)39-21-11-9-19-36(39)43-46(51)44-38-30-33(40-27-25-32-24-23-31-14-13-29-52-47(31)48(32)53-40)26-28-42(38)55(35-17-7-4-8-18-35)50(44)45-37-20-10-12-22-41(37)54(49(43)45)34-15-5-3-6-16-34/h3-30H,1-2H3. The number of benzene rings is 7. The molecule has 0 fully saturated rings. The summed E-state index contributed by atoms with van der Waals surface area (Å²) in [7, 11) is 0. The zero-order valence-corrected chi connectivity index (χ0v) is 30.5. The SMILES string of the molecule is CC1(C)c2ccccc2-c2c1c1c3cc(-c4ccc5ccc6cccnc6c5n4)ccc3n(-c3ccccc3)c1c1c3ccccc3n(-c3ccccc3)c21. The molecule has 1 aliphatic rings. The van der Waals surface area contributed by atoms with Gasteiger partial charge in [-0.3, -0.25) is 4.98 Å². The maximum absolute atomic E-state index is 5.31. The van der Waals surface area contributed by atoms with Crippen molar-refractivity contribution in [1.82, 2.24) is 19.1 Å². The molecule has 0 atom stereocenters. The van der Waals surface area contributed by atoms with E-state index in [2.05, 4.69) is 181 Å². The summed E-state index contributed by atoms with van der Waals surface area (Å²) in [5, 5.41) is 7.22. The molecule has 4 heterocycles. The molecule has 0 N–H and O–H groups in total. The second-order valence-electron chi connectivity index (χ2n) is 15.4. The van der Waals surface area contributed by atoms with Gasteiger partial charge < -0.3 is 9.13 Å². The number of hydrogen-bond acceptors (Lipinski definition) is 2. The highest BCUT2D eigenvalue weighted by Crippen LogP contribution is 2.58. The molecule has 4 heteroatoms. The average Bonchev–Trinajstić information content (AvgIpc) is 3.84.